The molecule has 0 aromatic heterocycles. The first-order valence-electron chi connectivity index (χ1n) is 5.92. The normalized spacial score (nSPS) is 11.8. The second-order valence-electron chi connectivity index (χ2n) is 4.98. The zero-order chi connectivity index (χ0) is 16.5. The second-order valence-corrected chi connectivity index (χ2v) is 7.68. The van der Waals surface area contributed by atoms with Crippen LogP contribution in [0.25, 0.3) is 0 Å². The van der Waals surface area contributed by atoms with Gasteiger partial charge in [-0.3, -0.25) is 4.79 Å². The molecule has 0 aliphatic heterocycles. The van der Waals surface area contributed by atoms with E-state index in [0.717, 1.165) is 6.07 Å². The molecule has 0 radical (unpaired) electrons. The summed E-state index contributed by atoms with van der Waals surface area (Å²) in [6, 6.07) is 1.03. The van der Waals surface area contributed by atoms with Crippen LogP contribution in [0.3, 0.4) is 0 Å². The smallest absolute Gasteiger partial charge is 0.256 e. The van der Waals surface area contributed by atoms with Gasteiger partial charge in [0.25, 0.3) is 5.91 Å². The van der Waals surface area contributed by atoms with Gasteiger partial charge in [0.15, 0.2) is 0 Å². The molecule has 1 amide bonds. The number of nitrogens with two attached hydrogens (primary N) is 1. The molecule has 5 nitrogen and oxygen atoms in total. The average Bonchev–Trinajstić information content (AvgIpc) is 2.31. The van der Waals surface area contributed by atoms with Gasteiger partial charge in [-0.25, -0.2) is 13.6 Å². The first kappa shape index (κ1) is 18.5. The largest absolute Gasteiger partial charge is 0.341 e. The molecule has 0 saturated carbocycles. The third kappa shape index (κ3) is 4.23. The standard InChI is InChI=1S/C12H15Cl3N2O3S/c1-6(2)5-17(3)12(18)9-10(14)7(13)4-8(11(9)15)21(16,19)20/h4,6H,5H2,1-3H3,(H2,16,19,20). The molecule has 1 aromatic rings. The van der Waals surface area contributed by atoms with Gasteiger partial charge in [-0.1, -0.05) is 48.7 Å². The number of halogens is 3. The SMILES string of the molecule is CC(C)CN(C)C(=O)c1c(Cl)c(Cl)cc(S(N)(=O)=O)c1Cl. The predicted molar refractivity (Wildman–Crippen MR) is 84.6 cm³/mol. The highest BCUT2D eigenvalue weighted by atomic mass is 35.5. The lowest BCUT2D eigenvalue weighted by Crippen LogP contribution is -2.31. The van der Waals surface area contributed by atoms with Crippen LogP contribution in [-0.4, -0.2) is 32.8 Å². The number of sulfonamides is 1. The summed E-state index contributed by atoms with van der Waals surface area (Å²) in [7, 11) is -2.56. The monoisotopic (exact) mass is 372 g/mol. The highest BCUT2D eigenvalue weighted by Gasteiger charge is 2.27. The molecule has 0 heterocycles. The number of benzene rings is 1. The van der Waals surface area contributed by atoms with Crippen molar-refractivity contribution in [2.24, 2.45) is 11.1 Å². The van der Waals surface area contributed by atoms with E-state index in [-0.39, 0.29) is 26.5 Å². The number of hydrogen-bond acceptors (Lipinski definition) is 3. The molecule has 21 heavy (non-hydrogen) atoms. The van der Waals surface area contributed by atoms with Gasteiger partial charge in [-0.05, 0) is 12.0 Å². The fraction of sp³-hybridized carbons (Fsp3) is 0.417. The lowest BCUT2D eigenvalue weighted by atomic mass is 10.1. The van der Waals surface area contributed by atoms with E-state index in [1.54, 1.807) is 7.05 Å². The van der Waals surface area contributed by atoms with Crippen molar-refractivity contribution in [1.29, 1.82) is 0 Å². The van der Waals surface area contributed by atoms with Crippen LogP contribution in [0.2, 0.25) is 15.1 Å². The molecular formula is C12H15Cl3N2O3S. The van der Waals surface area contributed by atoms with Gasteiger partial charge in [0.1, 0.15) is 4.90 Å². The predicted octanol–water partition coefficient (Wildman–Crippen LogP) is 3.02. The van der Waals surface area contributed by atoms with Crippen molar-refractivity contribution >= 4 is 50.7 Å². The average molecular weight is 374 g/mol. The number of carbonyl (C=O) groups excluding carboxylic acids is 1. The van der Waals surface area contributed by atoms with Crippen LogP contribution in [0.5, 0.6) is 0 Å². The van der Waals surface area contributed by atoms with Crippen LogP contribution < -0.4 is 5.14 Å². The Hall–Kier alpha value is -0.530. The van der Waals surface area contributed by atoms with E-state index in [4.69, 9.17) is 39.9 Å². The molecule has 0 atom stereocenters. The highest BCUT2D eigenvalue weighted by Crippen LogP contribution is 2.37. The molecule has 9 heteroatoms. The molecule has 0 aliphatic carbocycles. The van der Waals surface area contributed by atoms with E-state index in [9.17, 15) is 13.2 Å². The maximum Gasteiger partial charge on any atom is 0.256 e. The van der Waals surface area contributed by atoms with Crippen molar-refractivity contribution in [1.82, 2.24) is 4.90 Å². The van der Waals surface area contributed by atoms with E-state index in [0.29, 0.717) is 6.54 Å². The molecule has 0 fully saturated rings. The third-order valence-corrected chi connectivity index (χ3v) is 4.86. The molecule has 0 bridgehead atoms. The Balaban J connectivity index is 3.49. The summed E-state index contributed by atoms with van der Waals surface area (Å²) >= 11 is 17.9. The van der Waals surface area contributed by atoms with Crippen molar-refractivity contribution in [2.45, 2.75) is 18.7 Å². The molecule has 118 valence electrons. The summed E-state index contributed by atoms with van der Waals surface area (Å²) in [5.74, 6) is -0.306. The van der Waals surface area contributed by atoms with Crippen molar-refractivity contribution in [3.8, 4) is 0 Å². The molecule has 0 spiro atoms. The number of hydrogen-bond donors (Lipinski definition) is 1. The second kappa shape index (κ2) is 6.71. The maximum absolute atomic E-state index is 12.4. The van der Waals surface area contributed by atoms with Gasteiger partial charge in [0.2, 0.25) is 10.0 Å². The third-order valence-electron chi connectivity index (χ3n) is 2.63. The van der Waals surface area contributed by atoms with Crippen LogP contribution in [0.4, 0.5) is 0 Å². The molecule has 0 saturated heterocycles. The molecule has 1 aromatic carbocycles. The Kier molecular flexibility index (Phi) is 5.91. The number of rotatable bonds is 4. The van der Waals surface area contributed by atoms with Crippen molar-refractivity contribution in [3.05, 3.63) is 26.7 Å². The Morgan fingerprint density at radius 2 is 1.81 bits per heavy atom. The molecule has 1 rings (SSSR count). The quantitative estimate of drug-likeness (QED) is 0.824. The van der Waals surface area contributed by atoms with Gasteiger partial charge in [0, 0.05) is 13.6 Å². The summed E-state index contributed by atoms with van der Waals surface area (Å²) in [6.45, 7) is 4.31. The van der Waals surface area contributed by atoms with Gasteiger partial charge in [0.05, 0.1) is 20.6 Å². The summed E-state index contributed by atoms with van der Waals surface area (Å²) in [5.41, 5.74) is -0.169. The fourth-order valence-electron chi connectivity index (χ4n) is 1.80. The van der Waals surface area contributed by atoms with E-state index in [1.165, 1.54) is 4.90 Å². The first-order valence-corrected chi connectivity index (χ1v) is 8.60. The summed E-state index contributed by atoms with van der Waals surface area (Å²) in [5, 5.41) is 4.53. The van der Waals surface area contributed by atoms with Gasteiger partial charge < -0.3 is 4.90 Å². The van der Waals surface area contributed by atoms with Crippen molar-refractivity contribution in [2.75, 3.05) is 13.6 Å². The van der Waals surface area contributed by atoms with Crippen LogP contribution in [0.15, 0.2) is 11.0 Å². The minimum Gasteiger partial charge on any atom is -0.341 e. The Bertz CT molecular complexity index is 675. The van der Waals surface area contributed by atoms with Crippen molar-refractivity contribution < 1.29 is 13.2 Å². The Morgan fingerprint density at radius 1 is 1.29 bits per heavy atom. The summed E-state index contributed by atoms with van der Waals surface area (Å²) in [4.78, 5) is 13.4. The van der Waals surface area contributed by atoms with Gasteiger partial charge >= 0.3 is 0 Å². The molecular weight excluding hydrogens is 359 g/mol. The minimum absolute atomic E-state index is 0.102. The first-order chi connectivity index (χ1) is 9.46. The lowest BCUT2D eigenvalue weighted by Gasteiger charge is -2.21. The van der Waals surface area contributed by atoms with Crippen LogP contribution >= 0.6 is 34.8 Å². The number of carbonyl (C=O) groups is 1. The van der Waals surface area contributed by atoms with E-state index >= 15 is 0 Å². The van der Waals surface area contributed by atoms with Gasteiger partial charge in [-0.2, -0.15) is 0 Å². The maximum atomic E-state index is 12.4. The fourth-order valence-corrected chi connectivity index (χ4v) is 3.53. The zero-order valence-electron chi connectivity index (χ0n) is 11.7. The molecule has 2 N–H and O–H groups in total. The summed E-state index contributed by atoms with van der Waals surface area (Å²) < 4.78 is 23.0. The Labute approximate surface area is 139 Å². The topological polar surface area (TPSA) is 80.5 Å². The van der Waals surface area contributed by atoms with Gasteiger partial charge in [-0.15, -0.1) is 0 Å². The number of primary sulfonamides is 1. The van der Waals surface area contributed by atoms with Crippen LogP contribution in [0.1, 0.15) is 24.2 Å². The molecule has 0 unspecified atom stereocenters. The van der Waals surface area contributed by atoms with E-state index in [2.05, 4.69) is 0 Å². The number of nitrogens with zero attached hydrogens (tertiary/aromatic N) is 1. The van der Waals surface area contributed by atoms with Crippen LogP contribution in [0, 0.1) is 5.92 Å². The summed E-state index contributed by atoms with van der Waals surface area (Å²) in [6.07, 6.45) is 0. The van der Waals surface area contributed by atoms with Crippen molar-refractivity contribution in [3.63, 3.8) is 0 Å². The zero-order valence-corrected chi connectivity index (χ0v) is 14.7. The minimum atomic E-state index is -4.12. The number of amides is 1. The molecule has 0 aliphatic rings. The van der Waals surface area contributed by atoms with E-state index < -0.39 is 20.8 Å². The lowest BCUT2D eigenvalue weighted by molar-refractivity contribution is 0.0779. The highest BCUT2D eigenvalue weighted by molar-refractivity contribution is 7.89. The van der Waals surface area contributed by atoms with E-state index in [1.807, 2.05) is 13.8 Å². The Morgan fingerprint density at radius 3 is 2.24 bits per heavy atom. The van der Waals surface area contributed by atoms with Crippen LogP contribution in [-0.2, 0) is 10.0 Å².